The number of hydrogen-bond donors (Lipinski definition) is 2. The standard InChI is InChI=1S/C27H37N5O8S/c1-32-11-7-5-4-6-8-16-15-27(16,25(35)31-41(36,37)18-9-10-18)30-23(33)19-12-17(13-20(19)24(32)34)40-22-14-21(38-2)28-26(29-22)39-3/h6,8,14,16-20H,4-5,7,9-13,15H2,1-3H3,(H,30,33)(H,31,35)/t16-,17-,19-,20-,27-/m1/s1. The van der Waals surface area contributed by atoms with Gasteiger partial charge in [-0.2, -0.15) is 9.97 Å². The van der Waals surface area contributed by atoms with Crippen LogP contribution in [-0.2, 0) is 24.4 Å². The second-order valence-electron chi connectivity index (χ2n) is 11.3. The summed E-state index contributed by atoms with van der Waals surface area (Å²) in [5.41, 5.74) is -1.38. The van der Waals surface area contributed by atoms with Crippen LogP contribution in [-0.4, -0.2) is 85.7 Å². The fourth-order valence-corrected chi connectivity index (χ4v) is 7.07. The zero-order valence-electron chi connectivity index (χ0n) is 23.5. The first-order valence-corrected chi connectivity index (χ1v) is 15.5. The quantitative estimate of drug-likeness (QED) is 0.436. The van der Waals surface area contributed by atoms with Crippen LogP contribution in [0.1, 0.15) is 51.4 Å². The minimum Gasteiger partial charge on any atom is -0.481 e. The molecule has 2 N–H and O–H groups in total. The number of carbonyl (C=O) groups excluding carboxylic acids is 3. The molecule has 0 bridgehead atoms. The number of nitrogens with one attached hydrogen (secondary N) is 2. The summed E-state index contributed by atoms with van der Waals surface area (Å²) in [4.78, 5) is 50.6. The van der Waals surface area contributed by atoms with E-state index in [1.807, 2.05) is 12.2 Å². The summed E-state index contributed by atoms with van der Waals surface area (Å²) in [6.07, 6.45) is 7.45. The Hall–Kier alpha value is -3.42. The topological polar surface area (TPSA) is 166 Å². The van der Waals surface area contributed by atoms with Crippen LogP contribution in [0.2, 0.25) is 0 Å². The SMILES string of the molecule is COc1cc(O[C@@H]2C[C@H]3C(=O)N[C@]4(C(=O)NS(=O)(=O)C5CC5)C[C@H]4C=CCCCCN(C)C(=O)[C@@H]3C2)nc(OC)n1. The maximum atomic E-state index is 13.8. The van der Waals surface area contributed by atoms with Gasteiger partial charge in [0, 0.05) is 19.5 Å². The summed E-state index contributed by atoms with van der Waals surface area (Å²) in [5, 5.41) is 2.30. The first kappa shape index (κ1) is 29.1. The van der Waals surface area contributed by atoms with E-state index in [2.05, 4.69) is 20.0 Å². The minimum atomic E-state index is -3.80. The molecule has 3 aliphatic carbocycles. The number of amides is 3. The molecule has 1 aromatic rings. The molecule has 2 heterocycles. The van der Waals surface area contributed by atoms with E-state index in [9.17, 15) is 22.8 Å². The monoisotopic (exact) mass is 591 g/mol. The number of sulfonamides is 1. The van der Waals surface area contributed by atoms with Gasteiger partial charge in [0.05, 0.1) is 37.4 Å². The summed E-state index contributed by atoms with van der Waals surface area (Å²) in [7, 11) is 0.786. The van der Waals surface area contributed by atoms with E-state index in [0.29, 0.717) is 19.4 Å². The molecule has 0 spiro atoms. The van der Waals surface area contributed by atoms with E-state index in [-0.39, 0.29) is 48.9 Å². The Balaban J connectivity index is 1.40. The van der Waals surface area contributed by atoms with E-state index >= 15 is 0 Å². The van der Waals surface area contributed by atoms with Gasteiger partial charge in [0.25, 0.3) is 5.91 Å². The highest BCUT2D eigenvalue weighted by Crippen LogP contribution is 2.47. The molecule has 3 saturated carbocycles. The summed E-state index contributed by atoms with van der Waals surface area (Å²) in [6.45, 7) is 0.554. The summed E-state index contributed by atoms with van der Waals surface area (Å²) < 4.78 is 43.7. The fourth-order valence-electron chi connectivity index (χ4n) is 5.70. The van der Waals surface area contributed by atoms with Crippen molar-refractivity contribution in [2.45, 2.75) is 68.3 Å². The number of rotatable bonds is 7. The zero-order chi connectivity index (χ0) is 29.4. The Labute approximate surface area is 239 Å². The maximum Gasteiger partial charge on any atom is 0.322 e. The molecule has 3 fully saturated rings. The van der Waals surface area contributed by atoms with Gasteiger partial charge in [-0.05, 0) is 51.4 Å². The van der Waals surface area contributed by atoms with E-state index in [1.165, 1.54) is 20.3 Å². The number of methoxy groups -OCH3 is 2. The molecule has 5 rings (SSSR count). The highest BCUT2D eigenvalue weighted by Gasteiger charge is 2.62. The van der Waals surface area contributed by atoms with Crippen LogP contribution < -0.4 is 24.2 Å². The van der Waals surface area contributed by atoms with E-state index in [0.717, 1.165) is 19.3 Å². The summed E-state index contributed by atoms with van der Waals surface area (Å²) in [5.74, 6) is -2.80. The predicted molar refractivity (Wildman–Crippen MR) is 145 cm³/mol. The lowest BCUT2D eigenvalue weighted by atomic mass is 9.93. The molecule has 4 aliphatic rings. The average molecular weight is 592 g/mol. The molecule has 5 atom stereocenters. The molecule has 0 radical (unpaired) electrons. The molecule has 1 aliphatic heterocycles. The molecular formula is C27H37N5O8S. The van der Waals surface area contributed by atoms with Crippen molar-refractivity contribution in [2.75, 3.05) is 27.8 Å². The normalized spacial score (nSPS) is 30.4. The number of fused-ring (bicyclic) bond motifs is 2. The summed E-state index contributed by atoms with van der Waals surface area (Å²) >= 11 is 0. The van der Waals surface area contributed by atoms with E-state index < -0.39 is 50.6 Å². The van der Waals surface area contributed by atoms with Crippen LogP contribution in [0.25, 0.3) is 0 Å². The van der Waals surface area contributed by atoms with Crippen molar-refractivity contribution in [1.82, 2.24) is 24.9 Å². The number of ether oxygens (including phenoxy) is 3. The molecular weight excluding hydrogens is 554 g/mol. The Kier molecular flexibility index (Phi) is 8.13. The fraction of sp³-hybridized carbons (Fsp3) is 0.667. The van der Waals surface area contributed by atoms with Crippen LogP contribution in [0.4, 0.5) is 0 Å². The number of carbonyl (C=O) groups is 3. The Morgan fingerprint density at radius 3 is 2.54 bits per heavy atom. The van der Waals surface area contributed by atoms with Gasteiger partial charge in [-0.1, -0.05) is 12.2 Å². The van der Waals surface area contributed by atoms with Crippen molar-refractivity contribution in [3.63, 3.8) is 0 Å². The zero-order valence-corrected chi connectivity index (χ0v) is 24.3. The average Bonchev–Trinajstić information content (AvgIpc) is 3.86. The molecule has 0 unspecified atom stereocenters. The molecule has 0 aromatic carbocycles. The Bertz CT molecular complexity index is 1310. The van der Waals surface area contributed by atoms with Crippen LogP contribution in [0.3, 0.4) is 0 Å². The Morgan fingerprint density at radius 1 is 1.10 bits per heavy atom. The lowest BCUT2D eigenvalue weighted by molar-refractivity contribution is -0.140. The highest BCUT2D eigenvalue weighted by atomic mass is 32.2. The van der Waals surface area contributed by atoms with Crippen molar-refractivity contribution in [2.24, 2.45) is 17.8 Å². The molecule has 3 amide bonds. The van der Waals surface area contributed by atoms with Gasteiger partial charge < -0.3 is 24.4 Å². The van der Waals surface area contributed by atoms with Crippen molar-refractivity contribution in [1.29, 1.82) is 0 Å². The minimum absolute atomic E-state index is 0.0476. The number of allylic oxidation sites excluding steroid dienone is 1. The van der Waals surface area contributed by atoms with Crippen molar-refractivity contribution < 1.29 is 37.0 Å². The predicted octanol–water partition coefficient (Wildman–Crippen LogP) is 0.949. The number of hydrogen-bond acceptors (Lipinski definition) is 10. The smallest absolute Gasteiger partial charge is 0.322 e. The third-order valence-corrected chi connectivity index (χ3v) is 10.2. The van der Waals surface area contributed by atoms with Gasteiger partial charge in [-0.15, -0.1) is 0 Å². The lowest BCUT2D eigenvalue weighted by Crippen LogP contribution is -2.54. The van der Waals surface area contributed by atoms with Gasteiger partial charge in [0.1, 0.15) is 11.6 Å². The van der Waals surface area contributed by atoms with E-state index in [4.69, 9.17) is 14.2 Å². The lowest BCUT2D eigenvalue weighted by Gasteiger charge is -2.26. The van der Waals surface area contributed by atoms with Crippen molar-refractivity contribution in [3.8, 4) is 17.8 Å². The maximum absolute atomic E-state index is 13.8. The molecule has 0 saturated heterocycles. The number of aromatic nitrogens is 2. The molecule has 1 aromatic heterocycles. The number of nitrogens with zero attached hydrogens (tertiary/aromatic N) is 3. The van der Waals surface area contributed by atoms with Crippen molar-refractivity contribution in [3.05, 3.63) is 18.2 Å². The second-order valence-corrected chi connectivity index (χ2v) is 13.3. The second kappa shape index (κ2) is 11.5. The largest absolute Gasteiger partial charge is 0.481 e. The Morgan fingerprint density at radius 2 is 1.83 bits per heavy atom. The molecule has 224 valence electrons. The van der Waals surface area contributed by atoms with Crippen LogP contribution >= 0.6 is 0 Å². The molecule has 13 nitrogen and oxygen atoms in total. The van der Waals surface area contributed by atoms with Gasteiger partial charge in [0.2, 0.25) is 33.6 Å². The van der Waals surface area contributed by atoms with Gasteiger partial charge in [0.15, 0.2) is 0 Å². The first-order chi connectivity index (χ1) is 19.6. The van der Waals surface area contributed by atoms with Gasteiger partial charge in [-0.25, -0.2) is 8.42 Å². The first-order valence-electron chi connectivity index (χ1n) is 14.0. The van der Waals surface area contributed by atoms with Gasteiger partial charge >= 0.3 is 6.01 Å². The van der Waals surface area contributed by atoms with E-state index in [1.54, 1.807) is 11.9 Å². The van der Waals surface area contributed by atoms with Crippen LogP contribution in [0.5, 0.6) is 17.8 Å². The molecule has 14 heteroatoms. The van der Waals surface area contributed by atoms with Gasteiger partial charge in [-0.3, -0.25) is 19.1 Å². The van der Waals surface area contributed by atoms with Crippen LogP contribution in [0.15, 0.2) is 18.2 Å². The summed E-state index contributed by atoms with van der Waals surface area (Å²) in [6, 6.07) is 1.54. The third-order valence-electron chi connectivity index (χ3n) is 8.33. The highest BCUT2D eigenvalue weighted by molar-refractivity contribution is 7.91. The van der Waals surface area contributed by atoms with Crippen molar-refractivity contribution >= 4 is 27.7 Å². The third kappa shape index (κ3) is 6.26. The van der Waals surface area contributed by atoms with Crippen LogP contribution in [0, 0.1) is 17.8 Å². The molecule has 41 heavy (non-hydrogen) atoms.